The van der Waals surface area contributed by atoms with E-state index in [9.17, 15) is 18.0 Å². The third-order valence-electron chi connectivity index (χ3n) is 1.49. The number of aliphatic hydroxyl groups excluding tert-OH is 1. The maximum atomic E-state index is 11.8. The minimum absolute atomic E-state index is 0.198. The summed E-state index contributed by atoms with van der Waals surface area (Å²) < 4.78 is 35.5. The zero-order valence-corrected chi connectivity index (χ0v) is 8.10. The number of carbonyl (C=O) groups excluding carboxylic acids is 1. The molecule has 1 heterocycles. The Morgan fingerprint density at radius 3 is 2.80 bits per heavy atom. The highest BCUT2D eigenvalue weighted by molar-refractivity contribution is 7.11. The zero-order valence-electron chi connectivity index (χ0n) is 7.28. The smallest absolute Gasteiger partial charge is 0.382 e. The van der Waals surface area contributed by atoms with Crippen LogP contribution in [0, 0.1) is 0 Å². The average Bonchev–Trinajstić information content (AvgIpc) is 2.64. The predicted molar refractivity (Wildman–Crippen MR) is 46.5 cm³/mol. The quantitative estimate of drug-likeness (QED) is 0.821. The zero-order chi connectivity index (χ0) is 11.5. The number of carbonyl (C=O) groups is 1. The lowest BCUT2D eigenvalue weighted by Gasteiger charge is -2.14. The number of rotatable bonds is 3. The number of nitrogens with one attached hydrogen (secondary N) is 1. The van der Waals surface area contributed by atoms with Crippen LogP contribution in [-0.2, 0) is 0 Å². The largest absolute Gasteiger partial charge is 0.416 e. The Labute approximate surface area is 86.8 Å². The highest BCUT2D eigenvalue weighted by Crippen LogP contribution is 2.19. The Bertz CT molecular complexity index is 325. The van der Waals surface area contributed by atoms with Gasteiger partial charge in [-0.15, -0.1) is 11.3 Å². The van der Waals surface area contributed by atoms with Crippen LogP contribution in [0.3, 0.4) is 0 Å². The molecule has 2 N–H and O–H groups in total. The summed E-state index contributed by atoms with van der Waals surface area (Å²) in [6, 6.07) is 0. The van der Waals surface area contributed by atoms with Crippen LogP contribution in [0.1, 0.15) is 9.67 Å². The van der Waals surface area contributed by atoms with Crippen molar-refractivity contribution in [1.29, 1.82) is 0 Å². The Balaban J connectivity index is 2.42. The Morgan fingerprint density at radius 2 is 2.33 bits per heavy atom. The number of hydrogen-bond acceptors (Lipinski definition) is 4. The molecule has 0 aliphatic heterocycles. The van der Waals surface area contributed by atoms with E-state index in [4.69, 9.17) is 5.11 Å². The summed E-state index contributed by atoms with van der Waals surface area (Å²) in [5.74, 6) is -0.680. The third-order valence-corrected chi connectivity index (χ3v) is 2.26. The van der Waals surface area contributed by atoms with Gasteiger partial charge in [-0.25, -0.2) is 0 Å². The summed E-state index contributed by atoms with van der Waals surface area (Å²) in [6.07, 6.45) is -6.03. The molecule has 8 heteroatoms. The highest BCUT2D eigenvalue weighted by atomic mass is 32.1. The number of aliphatic hydroxyl groups is 1. The molecule has 1 atom stereocenters. The highest BCUT2D eigenvalue weighted by Gasteiger charge is 2.38. The fraction of sp³-hybridized carbons (Fsp3) is 0.429. The first-order valence-electron chi connectivity index (χ1n) is 3.82. The van der Waals surface area contributed by atoms with Crippen LogP contribution >= 0.6 is 11.3 Å². The van der Waals surface area contributed by atoms with Crippen molar-refractivity contribution in [3.05, 3.63) is 16.6 Å². The normalized spacial score (nSPS) is 13.6. The van der Waals surface area contributed by atoms with E-state index in [2.05, 4.69) is 4.98 Å². The van der Waals surface area contributed by atoms with Crippen LogP contribution in [0.25, 0.3) is 0 Å². The standard InChI is InChI=1S/C7H7F3N2O2S/c8-7(9,10)5(13)2-12-6(14)4-1-11-3-15-4/h1,3,5,13H,2H2,(H,12,14). The van der Waals surface area contributed by atoms with Crippen molar-refractivity contribution in [2.45, 2.75) is 12.3 Å². The number of hydrogen-bond donors (Lipinski definition) is 2. The van der Waals surface area contributed by atoms with E-state index < -0.39 is 24.7 Å². The van der Waals surface area contributed by atoms with Gasteiger partial charge in [0.2, 0.25) is 0 Å². The van der Waals surface area contributed by atoms with Gasteiger partial charge >= 0.3 is 6.18 Å². The SMILES string of the molecule is O=C(NCC(O)C(F)(F)F)c1cncs1. The topological polar surface area (TPSA) is 62.2 Å². The number of nitrogens with zero attached hydrogens (tertiary/aromatic N) is 1. The van der Waals surface area contributed by atoms with Crippen LogP contribution in [0.5, 0.6) is 0 Å². The number of amides is 1. The minimum Gasteiger partial charge on any atom is -0.382 e. The van der Waals surface area contributed by atoms with Gasteiger partial charge in [0.25, 0.3) is 5.91 Å². The summed E-state index contributed by atoms with van der Waals surface area (Å²) >= 11 is 1.00. The van der Waals surface area contributed by atoms with Crippen molar-refractivity contribution in [2.75, 3.05) is 6.54 Å². The number of aromatic nitrogens is 1. The van der Waals surface area contributed by atoms with Gasteiger partial charge in [-0.3, -0.25) is 9.78 Å². The van der Waals surface area contributed by atoms with E-state index in [1.807, 2.05) is 5.32 Å². The van der Waals surface area contributed by atoms with E-state index in [0.717, 1.165) is 11.3 Å². The van der Waals surface area contributed by atoms with Gasteiger partial charge in [0, 0.05) is 0 Å². The average molecular weight is 240 g/mol. The molecule has 0 spiro atoms. The van der Waals surface area contributed by atoms with Gasteiger partial charge in [0.05, 0.1) is 18.3 Å². The maximum Gasteiger partial charge on any atom is 0.416 e. The molecule has 1 aromatic rings. The van der Waals surface area contributed by atoms with Crippen molar-refractivity contribution in [2.24, 2.45) is 0 Å². The first kappa shape index (κ1) is 11.9. The molecule has 0 saturated carbocycles. The van der Waals surface area contributed by atoms with Gasteiger partial charge in [0.1, 0.15) is 4.88 Å². The van der Waals surface area contributed by atoms with Gasteiger partial charge < -0.3 is 10.4 Å². The number of halogens is 3. The molecule has 0 aliphatic rings. The molecule has 4 nitrogen and oxygen atoms in total. The van der Waals surface area contributed by atoms with E-state index in [-0.39, 0.29) is 4.88 Å². The van der Waals surface area contributed by atoms with Crippen molar-refractivity contribution >= 4 is 17.2 Å². The molecule has 1 rings (SSSR count). The molecule has 1 aromatic heterocycles. The fourth-order valence-corrected chi connectivity index (χ4v) is 1.26. The molecule has 0 fully saturated rings. The molecular weight excluding hydrogens is 233 g/mol. The molecular formula is C7H7F3N2O2S. The first-order chi connectivity index (χ1) is 6.91. The maximum absolute atomic E-state index is 11.8. The Hall–Kier alpha value is -1.15. The second kappa shape index (κ2) is 4.58. The molecule has 0 aliphatic carbocycles. The first-order valence-corrected chi connectivity index (χ1v) is 4.70. The van der Waals surface area contributed by atoms with Gasteiger partial charge in [-0.2, -0.15) is 13.2 Å². The fourth-order valence-electron chi connectivity index (χ4n) is 0.720. The van der Waals surface area contributed by atoms with Crippen molar-refractivity contribution in [3.8, 4) is 0 Å². The van der Waals surface area contributed by atoms with Gasteiger partial charge in [0.15, 0.2) is 6.10 Å². The number of thiazole rings is 1. The van der Waals surface area contributed by atoms with E-state index in [1.54, 1.807) is 0 Å². The third kappa shape index (κ3) is 3.48. The van der Waals surface area contributed by atoms with Crippen molar-refractivity contribution in [3.63, 3.8) is 0 Å². The summed E-state index contributed by atoms with van der Waals surface area (Å²) in [5.41, 5.74) is 1.38. The Kier molecular flexibility index (Phi) is 3.64. The summed E-state index contributed by atoms with van der Waals surface area (Å²) in [5, 5.41) is 10.5. The molecule has 0 radical (unpaired) electrons. The molecule has 1 unspecified atom stereocenters. The summed E-state index contributed by atoms with van der Waals surface area (Å²) in [7, 11) is 0. The van der Waals surface area contributed by atoms with Crippen LogP contribution in [0.4, 0.5) is 13.2 Å². The van der Waals surface area contributed by atoms with Crippen molar-refractivity contribution < 1.29 is 23.1 Å². The molecule has 15 heavy (non-hydrogen) atoms. The second-order valence-electron chi connectivity index (χ2n) is 2.63. The lowest BCUT2D eigenvalue weighted by atomic mass is 10.3. The molecule has 84 valence electrons. The second-order valence-corrected chi connectivity index (χ2v) is 3.52. The van der Waals surface area contributed by atoms with Gasteiger partial charge in [-0.1, -0.05) is 0 Å². The van der Waals surface area contributed by atoms with Crippen LogP contribution in [0.2, 0.25) is 0 Å². The minimum atomic E-state index is -4.72. The number of alkyl halides is 3. The van der Waals surface area contributed by atoms with E-state index >= 15 is 0 Å². The van der Waals surface area contributed by atoms with Crippen LogP contribution in [-0.4, -0.2) is 34.8 Å². The van der Waals surface area contributed by atoms with E-state index in [1.165, 1.54) is 11.7 Å². The van der Waals surface area contributed by atoms with E-state index in [0.29, 0.717) is 0 Å². The summed E-state index contributed by atoms with van der Waals surface area (Å²) in [6.45, 7) is -0.861. The monoisotopic (exact) mass is 240 g/mol. The molecule has 0 bridgehead atoms. The van der Waals surface area contributed by atoms with Crippen molar-refractivity contribution in [1.82, 2.24) is 10.3 Å². The summed E-state index contributed by atoms with van der Waals surface area (Å²) in [4.78, 5) is 14.9. The van der Waals surface area contributed by atoms with Crippen LogP contribution in [0.15, 0.2) is 11.7 Å². The lowest BCUT2D eigenvalue weighted by molar-refractivity contribution is -0.201. The molecule has 1 amide bonds. The van der Waals surface area contributed by atoms with Gasteiger partial charge in [-0.05, 0) is 0 Å². The predicted octanol–water partition coefficient (Wildman–Crippen LogP) is 0.796. The molecule has 0 saturated heterocycles. The Morgan fingerprint density at radius 1 is 1.67 bits per heavy atom. The van der Waals surface area contributed by atoms with Crippen LogP contribution < -0.4 is 5.32 Å². The molecule has 0 aromatic carbocycles. The lowest BCUT2D eigenvalue weighted by Crippen LogP contribution is -2.40.